The molecule has 1 aliphatic heterocycles. The van der Waals surface area contributed by atoms with Crippen molar-refractivity contribution in [2.75, 3.05) is 38.0 Å². The van der Waals surface area contributed by atoms with Crippen LogP contribution < -0.4 is 10.6 Å². The Morgan fingerprint density at radius 1 is 1.24 bits per heavy atom. The van der Waals surface area contributed by atoms with Gasteiger partial charge in [0.1, 0.15) is 16.3 Å². The van der Waals surface area contributed by atoms with Crippen molar-refractivity contribution in [2.24, 2.45) is 0 Å². The van der Waals surface area contributed by atoms with Crippen molar-refractivity contribution in [1.82, 2.24) is 25.2 Å². The van der Waals surface area contributed by atoms with E-state index in [2.05, 4.69) is 25.6 Å². The van der Waals surface area contributed by atoms with E-state index in [4.69, 9.17) is 0 Å². The molecular formula is C17H18N6OS. The average molecular weight is 354 g/mol. The number of anilines is 1. The van der Waals surface area contributed by atoms with Gasteiger partial charge in [-0.3, -0.25) is 9.78 Å². The van der Waals surface area contributed by atoms with Crippen LogP contribution in [0.25, 0.3) is 21.7 Å². The molecule has 8 heteroatoms. The summed E-state index contributed by atoms with van der Waals surface area (Å²) in [5.74, 6) is 1.32. The molecule has 4 heterocycles. The van der Waals surface area contributed by atoms with E-state index in [0.29, 0.717) is 17.3 Å². The topological polar surface area (TPSA) is 83.0 Å². The third-order valence-electron chi connectivity index (χ3n) is 4.10. The highest BCUT2D eigenvalue weighted by atomic mass is 32.1. The van der Waals surface area contributed by atoms with Crippen molar-refractivity contribution >= 4 is 33.3 Å². The van der Waals surface area contributed by atoms with Crippen LogP contribution in [0.1, 0.15) is 0 Å². The van der Waals surface area contributed by atoms with E-state index in [0.717, 1.165) is 36.4 Å². The highest BCUT2D eigenvalue weighted by Gasteiger charge is 2.17. The van der Waals surface area contributed by atoms with Crippen LogP contribution in [-0.4, -0.2) is 58.5 Å². The molecular weight excluding hydrogens is 336 g/mol. The van der Waals surface area contributed by atoms with Crippen LogP contribution in [0.2, 0.25) is 0 Å². The molecule has 1 saturated heterocycles. The molecule has 0 radical (unpaired) electrons. The molecule has 0 saturated carbocycles. The van der Waals surface area contributed by atoms with Crippen LogP contribution in [0.15, 0.2) is 35.8 Å². The van der Waals surface area contributed by atoms with Crippen LogP contribution in [0.5, 0.6) is 0 Å². The summed E-state index contributed by atoms with van der Waals surface area (Å²) in [7, 11) is 0. The van der Waals surface area contributed by atoms with Crippen molar-refractivity contribution in [2.45, 2.75) is 0 Å². The van der Waals surface area contributed by atoms with Gasteiger partial charge in [-0.2, -0.15) is 0 Å². The minimum Gasteiger partial charge on any atom is -0.360 e. The largest absolute Gasteiger partial charge is 0.360 e. The van der Waals surface area contributed by atoms with Gasteiger partial charge in [-0.05, 0) is 23.6 Å². The normalized spacial score (nSPS) is 14.6. The maximum atomic E-state index is 12.4. The summed E-state index contributed by atoms with van der Waals surface area (Å²) in [4.78, 5) is 28.6. The molecule has 7 nitrogen and oxygen atoms in total. The number of piperazine rings is 1. The number of nitrogens with zero attached hydrogens (tertiary/aromatic N) is 4. The Morgan fingerprint density at radius 2 is 2.12 bits per heavy atom. The number of fused-ring (bicyclic) bond motifs is 1. The lowest BCUT2D eigenvalue weighted by Gasteiger charge is -2.27. The smallest absolute Gasteiger partial charge is 0.242 e. The number of nitrogens with one attached hydrogen (secondary N) is 2. The van der Waals surface area contributed by atoms with Crippen molar-refractivity contribution in [3.8, 4) is 11.5 Å². The van der Waals surface area contributed by atoms with Crippen molar-refractivity contribution in [3.05, 3.63) is 35.8 Å². The average Bonchev–Trinajstić information content (AvgIpc) is 3.16. The number of thiophene rings is 1. The highest BCUT2D eigenvalue weighted by molar-refractivity contribution is 7.16. The molecule has 3 aromatic rings. The fraction of sp³-hybridized carbons (Fsp3) is 0.294. The molecule has 1 fully saturated rings. The predicted molar refractivity (Wildman–Crippen MR) is 98.6 cm³/mol. The Morgan fingerprint density at radius 3 is 2.92 bits per heavy atom. The fourth-order valence-electron chi connectivity index (χ4n) is 2.79. The Labute approximate surface area is 149 Å². The van der Waals surface area contributed by atoms with Crippen LogP contribution in [0, 0.1) is 0 Å². The standard InChI is InChI=1S/C17H18N6OS/c24-14(23-8-6-18-7-9-23)11-20-15-12-4-10-25-17(12)22-16(21-15)13-3-1-2-5-19-13/h1-5,10,18H,6-9,11H2,(H,20,21,22). The molecule has 25 heavy (non-hydrogen) atoms. The number of carbonyl (C=O) groups excluding carboxylic acids is 1. The second-order valence-electron chi connectivity index (χ2n) is 5.73. The Balaban J connectivity index is 1.58. The third-order valence-corrected chi connectivity index (χ3v) is 4.90. The van der Waals surface area contributed by atoms with Crippen LogP contribution >= 0.6 is 11.3 Å². The molecule has 0 unspecified atom stereocenters. The molecule has 0 atom stereocenters. The number of carbonyl (C=O) groups is 1. The minimum absolute atomic E-state index is 0.0860. The molecule has 0 bridgehead atoms. The summed E-state index contributed by atoms with van der Waals surface area (Å²) in [6, 6.07) is 7.62. The third kappa shape index (κ3) is 3.45. The number of hydrogen-bond acceptors (Lipinski definition) is 7. The lowest BCUT2D eigenvalue weighted by molar-refractivity contribution is -0.129. The first kappa shape index (κ1) is 15.9. The molecule has 1 amide bonds. The van der Waals surface area contributed by atoms with Gasteiger partial charge in [-0.25, -0.2) is 9.97 Å². The second-order valence-corrected chi connectivity index (χ2v) is 6.63. The van der Waals surface area contributed by atoms with Crippen LogP contribution in [-0.2, 0) is 4.79 Å². The van der Waals surface area contributed by atoms with Crippen LogP contribution in [0.4, 0.5) is 5.82 Å². The van der Waals surface area contributed by atoms with E-state index >= 15 is 0 Å². The van der Waals surface area contributed by atoms with E-state index < -0.39 is 0 Å². The van der Waals surface area contributed by atoms with Crippen molar-refractivity contribution < 1.29 is 4.79 Å². The number of pyridine rings is 1. The zero-order valence-corrected chi connectivity index (χ0v) is 14.4. The molecule has 4 rings (SSSR count). The summed E-state index contributed by atoms with van der Waals surface area (Å²) in [5.41, 5.74) is 0.717. The predicted octanol–water partition coefficient (Wildman–Crippen LogP) is 1.60. The van der Waals surface area contributed by atoms with Gasteiger partial charge in [0, 0.05) is 32.4 Å². The van der Waals surface area contributed by atoms with Gasteiger partial charge in [0.25, 0.3) is 0 Å². The first-order chi connectivity index (χ1) is 12.3. The summed E-state index contributed by atoms with van der Waals surface area (Å²) in [6.07, 6.45) is 1.72. The molecule has 1 aliphatic rings. The zero-order valence-electron chi connectivity index (χ0n) is 13.6. The van der Waals surface area contributed by atoms with E-state index in [1.54, 1.807) is 17.5 Å². The fourth-order valence-corrected chi connectivity index (χ4v) is 3.55. The highest BCUT2D eigenvalue weighted by Crippen LogP contribution is 2.27. The Kier molecular flexibility index (Phi) is 4.53. The number of aromatic nitrogens is 3. The van der Waals surface area contributed by atoms with Gasteiger partial charge in [0.15, 0.2) is 5.82 Å². The minimum atomic E-state index is 0.0860. The van der Waals surface area contributed by atoms with Gasteiger partial charge in [-0.1, -0.05) is 6.07 Å². The molecule has 3 aromatic heterocycles. The van der Waals surface area contributed by atoms with Gasteiger partial charge < -0.3 is 15.5 Å². The quantitative estimate of drug-likeness (QED) is 0.740. The number of amides is 1. The lowest BCUT2D eigenvalue weighted by atomic mass is 10.3. The summed E-state index contributed by atoms with van der Waals surface area (Å²) in [5, 5.41) is 9.35. The lowest BCUT2D eigenvalue weighted by Crippen LogP contribution is -2.48. The summed E-state index contributed by atoms with van der Waals surface area (Å²) >= 11 is 1.55. The maximum Gasteiger partial charge on any atom is 0.242 e. The SMILES string of the molecule is O=C(CNc1nc(-c2ccccn2)nc2sccc12)N1CCNCC1. The van der Waals surface area contributed by atoms with E-state index in [1.807, 2.05) is 34.5 Å². The number of rotatable bonds is 4. The molecule has 0 aliphatic carbocycles. The Bertz CT molecular complexity index is 875. The van der Waals surface area contributed by atoms with E-state index in [1.165, 1.54) is 0 Å². The zero-order chi connectivity index (χ0) is 17.1. The summed E-state index contributed by atoms with van der Waals surface area (Å²) < 4.78 is 0. The second kappa shape index (κ2) is 7.12. The van der Waals surface area contributed by atoms with E-state index in [9.17, 15) is 4.79 Å². The molecule has 0 spiro atoms. The van der Waals surface area contributed by atoms with Gasteiger partial charge >= 0.3 is 0 Å². The maximum absolute atomic E-state index is 12.4. The first-order valence-electron chi connectivity index (χ1n) is 8.20. The van der Waals surface area contributed by atoms with Crippen molar-refractivity contribution in [3.63, 3.8) is 0 Å². The Hall–Kier alpha value is -2.58. The monoisotopic (exact) mass is 354 g/mol. The van der Waals surface area contributed by atoms with Gasteiger partial charge in [0.05, 0.1) is 11.9 Å². The van der Waals surface area contributed by atoms with Crippen molar-refractivity contribution in [1.29, 1.82) is 0 Å². The first-order valence-corrected chi connectivity index (χ1v) is 9.08. The number of hydrogen-bond donors (Lipinski definition) is 2. The van der Waals surface area contributed by atoms with Crippen LogP contribution in [0.3, 0.4) is 0 Å². The van der Waals surface area contributed by atoms with Gasteiger partial charge in [-0.15, -0.1) is 11.3 Å². The summed E-state index contributed by atoms with van der Waals surface area (Å²) in [6.45, 7) is 3.41. The molecule has 2 N–H and O–H groups in total. The molecule has 0 aromatic carbocycles. The van der Waals surface area contributed by atoms with E-state index in [-0.39, 0.29) is 12.5 Å². The van der Waals surface area contributed by atoms with Gasteiger partial charge in [0.2, 0.25) is 5.91 Å². The molecule has 128 valence electrons.